The van der Waals surface area contributed by atoms with Crippen LogP contribution in [-0.4, -0.2) is 31.4 Å². The molecule has 0 bridgehead atoms. The number of para-hydroxylation sites is 2. The Morgan fingerprint density at radius 2 is 1.24 bits per heavy atom. The van der Waals surface area contributed by atoms with Crippen molar-refractivity contribution in [3.63, 3.8) is 0 Å². The van der Waals surface area contributed by atoms with Gasteiger partial charge >= 0.3 is 0 Å². The second-order valence-electron chi connectivity index (χ2n) is 9.75. The summed E-state index contributed by atoms with van der Waals surface area (Å²) in [4.78, 5) is 9.34. The molecule has 4 aromatic carbocycles. The van der Waals surface area contributed by atoms with Crippen LogP contribution in [0.25, 0.3) is 22.2 Å². The molecule has 0 spiro atoms. The summed E-state index contributed by atoms with van der Waals surface area (Å²) in [7, 11) is -8.49. The minimum atomic E-state index is -4.28. The van der Waals surface area contributed by atoms with Gasteiger partial charge in [-0.25, -0.2) is 26.8 Å². The summed E-state index contributed by atoms with van der Waals surface area (Å²) in [6.45, 7) is 3.73. The first-order valence-electron chi connectivity index (χ1n) is 12.9. The molecule has 0 saturated carbocycles. The monoisotopic (exact) mass is 582 g/mol. The van der Waals surface area contributed by atoms with Crippen LogP contribution in [0.4, 0.5) is 5.82 Å². The Hall–Kier alpha value is -4.54. The van der Waals surface area contributed by atoms with Crippen molar-refractivity contribution in [3.05, 3.63) is 120 Å². The molecule has 0 amide bonds. The van der Waals surface area contributed by atoms with Crippen LogP contribution in [0, 0.1) is 6.92 Å². The Balaban J connectivity index is 1.74. The van der Waals surface area contributed by atoms with Crippen LogP contribution in [0.1, 0.15) is 24.1 Å². The van der Waals surface area contributed by atoms with Gasteiger partial charge < -0.3 is 4.57 Å². The average molecular weight is 583 g/mol. The van der Waals surface area contributed by atoms with Gasteiger partial charge in [0.15, 0.2) is 5.65 Å². The number of sulfone groups is 1. The number of nitrogens with one attached hydrogen (secondary N) is 1. The number of aryl methyl sites for hydroxylation is 1. The molecular weight excluding hydrogens is 556 g/mol. The Morgan fingerprint density at radius 3 is 1.88 bits per heavy atom. The van der Waals surface area contributed by atoms with E-state index in [0.717, 1.165) is 11.1 Å². The van der Waals surface area contributed by atoms with Crippen molar-refractivity contribution < 1.29 is 16.8 Å². The van der Waals surface area contributed by atoms with Crippen LogP contribution in [0.15, 0.2) is 124 Å². The van der Waals surface area contributed by atoms with Crippen molar-refractivity contribution in [1.29, 1.82) is 0 Å². The lowest BCUT2D eigenvalue weighted by Crippen LogP contribution is -2.20. The smallest absolute Gasteiger partial charge is 0.263 e. The van der Waals surface area contributed by atoms with Gasteiger partial charge in [0.05, 0.1) is 26.9 Å². The number of nitrogens with zero attached hydrogens (tertiary/aromatic N) is 3. The van der Waals surface area contributed by atoms with E-state index in [4.69, 9.17) is 9.97 Å². The fraction of sp³-hybridized carbons (Fsp3) is 0.0968. The SMILES string of the molecule is Cc1ccc(S(=O)(=O)c2c(NS(=O)(=O)c3ccccc3)n([C@@H](C)c3ccccc3)c3nc4ccccc4nc23)cc1. The molecule has 8 nitrogen and oxygen atoms in total. The standard InChI is InChI=1S/C31H26N4O4S2/c1-21-17-19-24(20-18-21)40(36,37)29-28-30(33-27-16-10-9-15-26(27)32-28)35(22(2)23-11-5-3-6-12-23)31(29)34-41(38,39)25-13-7-4-8-14-25/h3-20,22,34H,1-2H3/t22-/m0/s1. The maximum atomic E-state index is 14.4. The molecule has 0 unspecified atom stereocenters. The second-order valence-corrected chi connectivity index (χ2v) is 13.3. The van der Waals surface area contributed by atoms with Gasteiger partial charge in [0, 0.05) is 0 Å². The predicted molar refractivity (Wildman–Crippen MR) is 159 cm³/mol. The Morgan fingerprint density at radius 1 is 0.683 bits per heavy atom. The summed E-state index contributed by atoms with van der Waals surface area (Å²) in [6.07, 6.45) is 0. The molecule has 0 aliphatic rings. The average Bonchev–Trinajstić information content (AvgIpc) is 3.29. The van der Waals surface area contributed by atoms with E-state index >= 15 is 0 Å². The largest absolute Gasteiger partial charge is 0.302 e. The molecular formula is C31H26N4O4S2. The Labute approximate surface area is 238 Å². The molecule has 1 N–H and O–H groups in total. The molecule has 0 saturated heterocycles. The van der Waals surface area contributed by atoms with Crippen LogP contribution < -0.4 is 4.72 Å². The van der Waals surface area contributed by atoms with E-state index in [1.807, 2.05) is 50.2 Å². The highest BCUT2D eigenvalue weighted by atomic mass is 32.2. The number of anilines is 1. The number of benzene rings is 4. The molecule has 0 aliphatic carbocycles. The molecule has 2 aromatic heterocycles. The fourth-order valence-electron chi connectivity index (χ4n) is 4.87. The molecule has 2 heterocycles. The number of aromatic nitrogens is 3. The Bertz CT molecular complexity index is 2110. The fourth-order valence-corrected chi connectivity index (χ4v) is 7.55. The molecule has 6 rings (SSSR count). The predicted octanol–water partition coefficient (Wildman–Crippen LogP) is 6.14. The van der Waals surface area contributed by atoms with E-state index in [0.29, 0.717) is 11.0 Å². The first-order chi connectivity index (χ1) is 19.7. The third-order valence-corrected chi connectivity index (χ3v) is 10.2. The van der Waals surface area contributed by atoms with Crippen molar-refractivity contribution in [1.82, 2.24) is 14.5 Å². The molecule has 10 heteroatoms. The van der Waals surface area contributed by atoms with Crippen molar-refractivity contribution in [2.75, 3.05) is 4.72 Å². The number of fused-ring (bicyclic) bond motifs is 2. The van der Waals surface area contributed by atoms with Gasteiger partial charge in [0.25, 0.3) is 10.0 Å². The van der Waals surface area contributed by atoms with Gasteiger partial charge in [-0.15, -0.1) is 0 Å². The minimum Gasteiger partial charge on any atom is -0.302 e. The quantitative estimate of drug-likeness (QED) is 0.242. The molecule has 41 heavy (non-hydrogen) atoms. The van der Waals surface area contributed by atoms with Gasteiger partial charge in [0.2, 0.25) is 9.84 Å². The van der Waals surface area contributed by atoms with Gasteiger partial charge in [-0.05, 0) is 55.8 Å². The van der Waals surface area contributed by atoms with E-state index in [9.17, 15) is 16.8 Å². The summed E-state index contributed by atoms with van der Waals surface area (Å²) in [5.41, 5.74) is 3.09. The maximum absolute atomic E-state index is 14.4. The van der Waals surface area contributed by atoms with Gasteiger partial charge in [-0.1, -0.05) is 78.4 Å². The van der Waals surface area contributed by atoms with Crippen LogP contribution >= 0.6 is 0 Å². The highest BCUT2D eigenvalue weighted by Crippen LogP contribution is 2.41. The zero-order valence-corrected chi connectivity index (χ0v) is 23.9. The number of rotatable bonds is 7. The topological polar surface area (TPSA) is 111 Å². The van der Waals surface area contributed by atoms with E-state index in [2.05, 4.69) is 4.72 Å². The lowest BCUT2D eigenvalue weighted by molar-refractivity contribution is 0.595. The van der Waals surface area contributed by atoms with Crippen LogP contribution in [-0.2, 0) is 19.9 Å². The third kappa shape index (κ3) is 4.75. The lowest BCUT2D eigenvalue weighted by Gasteiger charge is -2.20. The van der Waals surface area contributed by atoms with E-state index in [-0.39, 0.29) is 31.7 Å². The number of hydrogen-bond acceptors (Lipinski definition) is 6. The number of sulfonamides is 1. The van der Waals surface area contributed by atoms with Crippen LogP contribution in [0.5, 0.6) is 0 Å². The molecule has 1 atom stereocenters. The highest BCUT2D eigenvalue weighted by Gasteiger charge is 2.35. The zero-order chi connectivity index (χ0) is 28.8. The maximum Gasteiger partial charge on any atom is 0.263 e. The lowest BCUT2D eigenvalue weighted by atomic mass is 10.1. The molecule has 0 fully saturated rings. The summed E-state index contributed by atoms with van der Waals surface area (Å²) in [5.74, 6) is -0.129. The second kappa shape index (κ2) is 10.1. The molecule has 0 radical (unpaired) electrons. The number of hydrogen-bond donors (Lipinski definition) is 1. The first-order valence-corrected chi connectivity index (χ1v) is 15.9. The zero-order valence-electron chi connectivity index (χ0n) is 22.3. The van der Waals surface area contributed by atoms with Gasteiger partial charge in [0.1, 0.15) is 16.2 Å². The summed E-state index contributed by atoms with van der Waals surface area (Å²) >= 11 is 0. The van der Waals surface area contributed by atoms with Crippen LogP contribution in [0.3, 0.4) is 0 Å². The van der Waals surface area contributed by atoms with E-state index in [1.54, 1.807) is 53.1 Å². The van der Waals surface area contributed by atoms with Crippen molar-refractivity contribution in [3.8, 4) is 0 Å². The first kappa shape index (κ1) is 26.7. The minimum absolute atomic E-state index is 0.00562. The van der Waals surface area contributed by atoms with Crippen molar-refractivity contribution >= 4 is 47.9 Å². The summed E-state index contributed by atoms with van der Waals surface area (Å²) in [5, 5.41) is 0. The molecule has 206 valence electrons. The van der Waals surface area contributed by atoms with Crippen molar-refractivity contribution in [2.24, 2.45) is 0 Å². The van der Waals surface area contributed by atoms with E-state index < -0.39 is 25.9 Å². The highest BCUT2D eigenvalue weighted by molar-refractivity contribution is 7.93. The Kier molecular flexibility index (Phi) is 6.59. The normalized spacial score (nSPS) is 12.9. The summed E-state index contributed by atoms with van der Waals surface area (Å²) < 4.78 is 60.5. The van der Waals surface area contributed by atoms with Crippen molar-refractivity contribution in [2.45, 2.75) is 34.6 Å². The van der Waals surface area contributed by atoms with Crippen LogP contribution in [0.2, 0.25) is 0 Å². The summed E-state index contributed by atoms with van der Waals surface area (Å²) in [6, 6.07) is 30.3. The third-order valence-electron chi connectivity index (χ3n) is 7.01. The molecule has 0 aliphatic heterocycles. The van der Waals surface area contributed by atoms with Gasteiger partial charge in [-0.3, -0.25) is 4.72 Å². The van der Waals surface area contributed by atoms with Gasteiger partial charge in [-0.2, -0.15) is 0 Å². The van der Waals surface area contributed by atoms with E-state index in [1.165, 1.54) is 24.3 Å². The molecule has 6 aromatic rings.